The molecule has 0 spiro atoms. The average molecular weight is 479 g/mol. The van der Waals surface area contributed by atoms with Gasteiger partial charge in [-0.1, -0.05) is 65.3 Å². The Morgan fingerprint density at radius 1 is 0.906 bits per heavy atom. The Kier molecular flexibility index (Phi) is 5.79. The summed E-state index contributed by atoms with van der Waals surface area (Å²) in [5.41, 5.74) is 3.07. The van der Waals surface area contributed by atoms with Gasteiger partial charge in [0.15, 0.2) is 5.16 Å². The molecule has 5 aromatic rings. The number of hydrogen-bond acceptors (Lipinski definition) is 4. The van der Waals surface area contributed by atoms with Crippen LogP contribution >= 0.6 is 35.0 Å². The Bertz CT molecular complexity index is 1480. The van der Waals surface area contributed by atoms with Crippen LogP contribution in [-0.4, -0.2) is 9.55 Å². The van der Waals surface area contributed by atoms with Gasteiger partial charge in [-0.15, -0.1) is 0 Å². The van der Waals surface area contributed by atoms with Crippen molar-refractivity contribution >= 4 is 45.9 Å². The first-order chi connectivity index (χ1) is 15.6. The Morgan fingerprint density at radius 2 is 1.72 bits per heavy atom. The number of rotatable bonds is 5. The van der Waals surface area contributed by atoms with E-state index in [4.69, 9.17) is 32.6 Å². The van der Waals surface area contributed by atoms with Gasteiger partial charge in [0.25, 0.3) is 0 Å². The highest BCUT2D eigenvalue weighted by Gasteiger charge is 2.16. The smallest absolute Gasteiger partial charge is 0.345 e. The van der Waals surface area contributed by atoms with Crippen molar-refractivity contribution in [2.75, 3.05) is 0 Å². The molecule has 2 heterocycles. The maximum Gasteiger partial charge on any atom is 0.345 e. The number of aromatic nitrogens is 2. The zero-order valence-corrected chi connectivity index (χ0v) is 19.0. The summed E-state index contributed by atoms with van der Waals surface area (Å²) in [6, 6.07) is 24.5. The average Bonchev–Trinajstić information content (AvgIpc) is 3.22. The monoisotopic (exact) mass is 478 g/mol. The summed E-state index contributed by atoms with van der Waals surface area (Å²) in [5, 5.41) is 2.93. The topological polar surface area (TPSA) is 48.0 Å². The Balaban J connectivity index is 1.58. The van der Waals surface area contributed by atoms with Crippen molar-refractivity contribution in [3.05, 3.63) is 111 Å². The van der Waals surface area contributed by atoms with E-state index in [0.717, 1.165) is 21.8 Å². The highest BCUT2D eigenvalue weighted by atomic mass is 35.5. The lowest BCUT2D eigenvalue weighted by atomic mass is 10.1. The van der Waals surface area contributed by atoms with E-state index in [2.05, 4.69) is 0 Å². The van der Waals surface area contributed by atoms with Crippen LogP contribution in [0.4, 0.5) is 0 Å². The van der Waals surface area contributed by atoms with Crippen LogP contribution in [0.25, 0.3) is 27.9 Å². The molecule has 0 bridgehead atoms. The number of nitrogens with zero attached hydrogens (tertiary/aromatic N) is 2. The van der Waals surface area contributed by atoms with Gasteiger partial charge in [-0.25, -0.2) is 9.78 Å². The number of halogens is 2. The largest absolute Gasteiger partial charge is 0.422 e. The maximum absolute atomic E-state index is 12.7. The fourth-order valence-corrected chi connectivity index (χ4v) is 4.67. The number of para-hydroxylation sites is 1. The Labute approximate surface area is 198 Å². The molecule has 158 valence electrons. The summed E-state index contributed by atoms with van der Waals surface area (Å²) in [6.07, 6.45) is 1.85. The van der Waals surface area contributed by atoms with Gasteiger partial charge in [0.05, 0.1) is 11.3 Å². The van der Waals surface area contributed by atoms with Crippen LogP contribution in [0.15, 0.2) is 99.4 Å². The van der Waals surface area contributed by atoms with Crippen LogP contribution < -0.4 is 5.63 Å². The normalized spacial score (nSPS) is 11.2. The molecular weight excluding hydrogens is 463 g/mol. The van der Waals surface area contributed by atoms with Crippen molar-refractivity contribution in [1.29, 1.82) is 0 Å². The van der Waals surface area contributed by atoms with Gasteiger partial charge in [-0.2, -0.15) is 0 Å². The van der Waals surface area contributed by atoms with E-state index < -0.39 is 5.63 Å². The van der Waals surface area contributed by atoms with E-state index in [1.54, 1.807) is 17.8 Å². The molecule has 4 nitrogen and oxygen atoms in total. The van der Waals surface area contributed by atoms with E-state index in [-0.39, 0.29) is 0 Å². The molecular formula is C25H16Cl2N2O2S. The van der Waals surface area contributed by atoms with Crippen molar-refractivity contribution in [2.45, 2.75) is 10.9 Å². The van der Waals surface area contributed by atoms with Gasteiger partial charge in [-0.3, -0.25) is 4.57 Å². The molecule has 0 radical (unpaired) electrons. The van der Waals surface area contributed by atoms with Crippen LogP contribution in [-0.2, 0) is 5.75 Å². The van der Waals surface area contributed by atoms with Gasteiger partial charge < -0.3 is 4.42 Å². The second-order valence-corrected chi connectivity index (χ2v) is 8.97. The minimum absolute atomic E-state index is 0.418. The van der Waals surface area contributed by atoms with Crippen LogP contribution in [0.1, 0.15) is 5.56 Å². The summed E-state index contributed by atoms with van der Waals surface area (Å²) >= 11 is 13.8. The standard InChI is InChI=1S/C25H16Cl2N2O2S/c26-18-8-10-20(11-9-18)29-14-22(21-13-17-5-1-2-7-23(17)31-24(21)30)28-25(29)32-15-16-4-3-6-19(27)12-16/h1-14H,15H2. The number of fused-ring (bicyclic) bond motifs is 1. The first-order valence-electron chi connectivity index (χ1n) is 9.83. The predicted molar refractivity (Wildman–Crippen MR) is 131 cm³/mol. The molecule has 0 aliphatic rings. The molecule has 0 saturated carbocycles. The number of thioether (sulfide) groups is 1. The SMILES string of the molecule is O=c1oc2ccccc2cc1-c1cn(-c2ccc(Cl)cc2)c(SCc2cccc(Cl)c2)n1. The minimum Gasteiger partial charge on any atom is -0.422 e. The first kappa shape index (κ1) is 20.9. The first-order valence-corrected chi connectivity index (χ1v) is 11.6. The van der Waals surface area contributed by atoms with Crippen molar-refractivity contribution < 1.29 is 4.42 Å². The molecule has 0 N–H and O–H groups in total. The Morgan fingerprint density at radius 3 is 2.53 bits per heavy atom. The van der Waals surface area contributed by atoms with Crippen molar-refractivity contribution in [3.63, 3.8) is 0 Å². The summed E-state index contributed by atoms with van der Waals surface area (Å²) in [4.78, 5) is 17.5. The molecule has 0 saturated heterocycles. The molecule has 3 aromatic carbocycles. The minimum atomic E-state index is -0.421. The highest BCUT2D eigenvalue weighted by Crippen LogP contribution is 2.30. The molecule has 0 amide bonds. The van der Waals surface area contributed by atoms with Crippen LogP contribution in [0.2, 0.25) is 10.0 Å². The Hall–Kier alpha value is -2.99. The zero-order chi connectivity index (χ0) is 22.1. The van der Waals surface area contributed by atoms with E-state index in [1.807, 2.05) is 83.6 Å². The third-order valence-electron chi connectivity index (χ3n) is 4.95. The highest BCUT2D eigenvalue weighted by molar-refractivity contribution is 7.98. The fraction of sp³-hybridized carbons (Fsp3) is 0.0400. The number of benzene rings is 3. The van der Waals surface area contributed by atoms with Gasteiger partial charge in [0.2, 0.25) is 0 Å². The fourth-order valence-electron chi connectivity index (χ4n) is 3.40. The lowest BCUT2D eigenvalue weighted by Crippen LogP contribution is -2.02. The van der Waals surface area contributed by atoms with Crippen molar-refractivity contribution in [1.82, 2.24) is 9.55 Å². The van der Waals surface area contributed by atoms with Crippen LogP contribution in [0.3, 0.4) is 0 Å². The molecule has 0 aliphatic heterocycles. The lowest BCUT2D eigenvalue weighted by Gasteiger charge is -2.07. The van der Waals surface area contributed by atoms with E-state index in [9.17, 15) is 4.79 Å². The second kappa shape index (κ2) is 8.87. The molecule has 2 aromatic heterocycles. The zero-order valence-electron chi connectivity index (χ0n) is 16.7. The molecule has 5 rings (SSSR count). The summed E-state index contributed by atoms with van der Waals surface area (Å²) in [7, 11) is 0. The second-order valence-electron chi connectivity index (χ2n) is 7.16. The number of hydrogen-bond donors (Lipinski definition) is 0. The number of imidazole rings is 1. The van der Waals surface area contributed by atoms with Gasteiger partial charge in [0.1, 0.15) is 5.58 Å². The molecule has 32 heavy (non-hydrogen) atoms. The molecule has 0 atom stereocenters. The predicted octanol–water partition coefficient (Wildman–Crippen LogP) is 7.24. The summed E-state index contributed by atoms with van der Waals surface area (Å²) in [6.45, 7) is 0. The van der Waals surface area contributed by atoms with E-state index in [0.29, 0.717) is 32.6 Å². The van der Waals surface area contributed by atoms with Crippen molar-refractivity contribution in [2.24, 2.45) is 0 Å². The quantitative estimate of drug-likeness (QED) is 0.197. The van der Waals surface area contributed by atoms with E-state index >= 15 is 0 Å². The van der Waals surface area contributed by atoms with Crippen molar-refractivity contribution in [3.8, 4) is 16.9 Å². The van der Waals surface area contributed by atoms with Crippen LogP contribution in [0.5, 0.6) is 0 Å². The van der Waals surface area contributed by atoms with Gasteiger partial charge in [0, 0.05) is 33.1 Å². The van der Waals surface area contributed by atoms with Gasteiger partial charge in [-0.05, 0) is 54.1 Å². The van der Waals surface area contributed by atoms with Crippen LogP contribution in [0, 0.1) is 0 Å². The molecule has 0 aliphatic carbocycles. The summed E-state index contributed by atoms with van der Waals surface area (Å²) in [5.74, 6) is 0.678. The molecule has 0 fully saturated rings. The lowest BCUT2D eigenvalue weighted by molar-refractivity contribution is 0.563. The third-order valence-corrected chi connectivity index (χ3v) is 6.46. The molecule has 0 unspecified atom stereocenters. The molecule has 7 heteroatoms. The van der Waals surface area contributed by atoms with Gasteiger partial charge >= 0.3 is 5.63 Å². The summed E-state index contributed by atoms with van der Waals surface area (Å²) < 4.78 is 7.47. The van der Waals surface area contributed by atoms with E-state index in [1.165, 1.54) is 0 Å². The third kappa shape index (κ3) is 4.32. The maximum atomic E-state index is 12.7.